The molecule has 0 amide bonds. The summed E-state index contributed by atoms with van der Waals surface area (Å²) in [5.74, 6) is 0.328. The van der Waals surface area contributed by atoms with Crippen LogP contribution in [0.4, 0.5) is 19.0 Å². The minimum absolute atomic E-state index is 0.153. The van der Waals surface area contributed by atoms with E-state index in [0.29, 0.717) is 18.8 Å². The van der Waals surface area contributed by atoms with E-state index in [1.807, 2.05) is 6.07 Å². The first kappa shape index (κ1) is 14.5. The number of likely N-dealkylation sites (tertiary alicyclic amines) is 1. The van der Waals surface area contributed by atoms with E-state index in [1.54, 1.807) is 0 Å². The zero-order valence-corrected chi connectivity index (χ0v) is 10.7. The maximum Gasteiger partial charge on any atom is 0.401 e. The van der Waals surface area contributed by atoms with Gasteiger partial charge in [-0.15, -0.1) is 0 Å². The Bertz CT molecular complexity index is 497. The second-order valence-electron chi connectivity index (χ2n) is 4.70. The molecule has 1 saturated heterocycles. The molecule has 0 aromatic carbocycles. The Kier molecular flexibility index (Phi) is 4.39. The van der Waals surface area contributed by atoms with E-state index in [4.69, 9.17) is 5.26 Å². The number of nitrogens with one attached hydrogen (secondary N) is 1. The number of nitriles is 1. The SMILES string of the molecule is N#Cc1nccnc1NC1CCCN(CC(F)(F)F)C1. The Hall–Kier alpha value is -1.88. The quantitative estimate of drug-likeness (QED) is 0.917. The number of aromatic nitrogens is 2. The molecule has 1 fully saturated rings. The molecule has 1 atom stereocenters. The monoisotopic (exact) mass is 285 g/mol. The third-order valence-corrected chi connectivity index (χ3v) is 3.05. The molecule has 1 aliphatic rings. The first-order valence-electron chi connectivity index (χ1n) is 6.24. The van der Waals surface area contributed by atoms with Crippen LogP contribution in [0.5, 0.6) is 0 Å². The lowest BCUT2D eigenvalue weighted by Gasteiger charge is -2.33. The van der Waals surface area contributed by atoms with Crippen molar-refractivity contribution in [2.45, 2.75) is 25.1 Å². The lowest BCUT2D eigenvalue weighted by atomic mass is 10.1. The van der Waals surface area contributed by atoms with Crippen LogP contribution in [-0.4, -0.2) is 46.7 Å². The fourth-order valence-corrected chi connectivity index (χ4v) is 2.29. The highest BCUT2D eigenvalue weighted by atomic mass is 19.4. The van der Waals surface area contributed by atoms with Crippen molar-refractivity contribution in [1.82, 2.24) is 14.9 Å². The van der Waals surface area contributed by atoms with E-state index >= 15 is 0 Å². The van der Waals surface area contributed by atoms with Gasteiger partial charge in [0.05, 0.1) is 6.54 Å². The zero-order chi connectivity index (χ0) is 14.6. The molecule has 1 unspecified atom stereocenters. The average Bonchev–Trinajstić information content (AvgIpc) is 2.38. The predicted octanol–water partition coefficient (Wildman–Crippen LogP) is 1.79. The first-order valence-corrected chi connectivity index (χ1v) is 6.24. The molecule has 1 aromatic heterocycles. The van der Waals surface area contributed by atoms with Crippen LogP contribution in [0.2, 0.25) is 0 Å². The molecular weight excluding hydrogens is 271 g/mol. The molecule has 1 aliphatic heterocycles. The van der Waals surface area contributed by atoms with E-state index in [-0.39, 0.29) is 18.3 Å². The third-order valence-electron chi connectivity index (χ3n) is 3.05. The highest BCUT2D eigenvalue weighted by molar-refractivity contribution is 5.47. The summed E-state index contributed by atoms with van der Waals surface area (Å²) in [5.41, 5.74) is 0.153. The number of piperidine rings is 1. The van der Waals surface area contributed by atoms with Crippen molar-refractivity contribution in [2.75, 3.05) is 25.0 Å². The summed E-state index contributed by atoms with van der Waals surface area (Å²) in [6.45, 7) is -0.193. The van der Waals surface area contributed by atoms with Gasteiger partial charge in [-0.2, -0.15) is 18.4 Å². The van der Waals surface area contributed by atoms with Gasteiger partial charge in [0.1, 0.15) is 6.07 Å². The van der Waals surface area contributed by atoms with Crippen molar-refractivity contribution >= 4 is 5.82 Å². The first-order chi connectivity index (χ1) is 9.48. The summed E-state index contributed by atoms with van der Waals surface area (Å²) in [6, 6.07) is 1.75. The largest absolute Gasteiger partial charge is 0.401 e. The Balaban J connectivity index is 1.98. The van der Waals surface area contributed by atoms with Gasteiger partial charge in [-0.25, -0.2) is 9.97 Å². The smallest absolute Gasteiger partial charge is 0.364 e. The van der Waals surface area contributed by atoms with Gasteiger partial charge in [-0.1, -0.05) is 0 Å². The Labute approximate surface area is 114 Å². The molecule has 5 nitrogen and oxygen atoms in total. The minimum atomic E-state index is -4.19. The van der Waals surface area contributed by atoms with Gasteiger partial charge in [0, 0.05) is 25.0 Å². The standard InChI is InChI=1S/C12H14F3N5/c13-12(14,15)8-20-5-1-2-9(7-20)19-11-10(6-16)17-3-4-18-11/h3-4,9H,1-2,5,7-8H2,(H,18,19). The lowest BCUT2D eigenvalue weighted by Crippen LogP contribution is -2.46. The number of halogens is 3. The molecule has 2 heterocycles. The van der Waals surface area contributed by atoms with Gasteiger partial charge >= 0.3 is 6.18 Å². The Morgan fingerprint density at radius 1 is 1.40 bits per heavy atom. The topological polar surface area (TPSA) is 64.8 Å². The molecule has 0 radical (unpaired) electrons. The molecule has 108 valence electrons. The number of nitrogens with zero attached hydrogens (tertiary/aromatic N) is 4. The van der Waals surface area contributed by atoms with Gasteiger partial charge in [0.25, 0.3) is 0 Å². The normalized spacial score (nSPS) is 20.4. The third kappa shape index (κ3) is 4.06. The average molecular weight is 285 g/mol. The summed E-state index contributed by atoms with van der Waals surface area (Å²) in [4.78, 5) is 9.23. The summed E-state index contributed by atoms with van der Waals surface area (Å²) >= 11 is 0. The van der Waals surface area contributed by atoms with Crippen molar-refractivity contribution in [3.8, 4) is 6.07 Å². The molecule has 2 rings (SSSR count). The van der Waals surface area contributed by atoms with Crippen molar-refractivity contribution < 1.29 is 13.2 Å². The molecule has 8 heteroatoms. The van der Waals surface area contributed by atoms with Crippen LogP contribution in [0, 0.1) is 11.3 Å². The molecule has 0 spiro atoms. The molecule has 0 bridgehead atoms. The number of hydrogen-bond donors (Lipinski definition) is 1. The van der Waals surface area contributed by atoms with Crippen LogP contribution in [0.15, 0.2) is 12.4 Å². The molecule has 0 aliphatic carbocycles. The highest BCUT2D eigenvalue weighted by Crippen LogP contribution is 2.21. The molecule has 20 heavy (non-hydrogen) atoms. The molecule has 0 saturated carbocycles. The van der Waals surface area contributed by atoms with Crippen LogP contribution < -0.4 is 5.32 Å². The maximum atomic E-state index is 12.4. The van der Waals surface area contributed by atoms with Crippen LogP contribution in [0.1, 0.15) is 18.5 Å². The van der Waals surface area contributed by atoms with E-state index in [1.165, 1.54) is 17.3 Å². The van der Waals surface area contributed by atoms with E-state index in [9.17, 15) is 13.2 Å². The van der Waals surface area contributed by atoms with Crippen LogP contribution >= 0.6 is 0 Å². The Morgan fingerprint density at radius 3 is 2.85 bits per heavy atom. The van der Waals surface area contributed by atoms with Gasteiger partial charge in [-0.3, -0.25) is 4.90 Å². The van der Waals surface area contributed by atoms with Gasteiger partial charge in [-0.05, 0) is 19.4 Å². The van der Waals surface area contributed by atoms with Crippen molar-refractivity contribution in [3.63, 3.8) is 0 Å². The fraction of sp³-hybridized carbons (Fsp3) is 0.583. The van der Waals surface area contributed by atoms with Crippen LogP contribution in [-0.2, 0) is 0 Å². The zero-order valence-electron chi connectivity index (χ0n) is 10.7. The minimum Gasteiger partial charge on any atom is -0.364 e. The maximum absolute atomic E-state index is 12.4. The predicted molar refractivity (Wildman–Crippen MR) is 65.9 cm³/mol. The van der Waals surface area contributed by atoms with Crippen molar-refractivity contribution in [2.24, 2.45) is 0 Å². The summed E-state index contributed by atoms with van der Waals surface area (Å²) in [5, 5.41) is 11.9. The summed E-state index contributed by atoms with van der Waals surface area (Å²) < 4.78 is 37.2. The van der Waals surface area contributed by atoms with Crippen LogP contribution in [0.25, 0.3) is 0 Å². The summed E-state index contributed by atoms with van der Waals surface area (Å²) in [6.07, 6.45) is 0.0813. The van der Waals surface area contributed by atoms with Gasteiger partial charge in [0.2, 0.25) is 0 Å². The van der Waals surface area contributed by atoms with Crippen molar-refractivity contribution in [3.05, 3.63) is 18.1 Å². The number of anilines is 1. The van der Waals surface area contributed by atoms with Gasteiger partial charge < -0.3 is 5.32 Å². The number of rotatable bonds is 3. The second-order valence-corrected chi connectivity index (χ2v) is 4.70. The Morgan fingerprint density at radius 2 is 2.15 bits per heavy atom. The van der Waals surface area contributed by atoms with Crippen molar-refractivity contribution in [1.29, 1.82) is 5.26 Å². The second kappa shape index (κ2) is 6.05. The van der Waals surface area contributed by atoms with E-state index in [0.717, 1.165) is 6.42 Å². The van der Waals surface area contributed by atoms with Crippen LogP contribution in [0.3, 0.4) is 0 Å². The molecular formula is C12H14F3N5. The highest BCUT2D eigenvalue weighted by Gasteiger charge is 2.33. The van der Waals surface area contributed by atoms with E-state index in [2.05, 4.69) is 15.3 Å². The van der Waals surface area contributed by atoms with E-state index < -0.39 is 12.7 Å². The fourth-order valence-electron chi connectivity index (χ4n) is 2.29. The lowest BCUT2D eigenvalue weighted by molar-refractivity contribution is -0.147. The summed E-state index contributed by atoms with van der Waals surface area (Å²) in [7, 11) is 0. The number of hydrogen-bond acceptors (Lipinski definition) is 5. The molecule has 1 aromatic rings. The van der Waals surface area contributed by atoms with Gasteiger partial charge in [0.15, 0.2) is 11.5 Å². The molecule has 1 N–H and O–H groups in total. The number of alkyl halides is 3.